The molecule has 0 aliphatic carbocycles. The third kappa shape index (κ3) is 4.76. The summed E-state index contributed by atoms with van der Waals surface area (Å²) in [6, 6.07) is 13.4. The molecule has 2 rings (SSSR count). The summed E-state index contributed by atoms with van der Waals surface area (Å²) in [7, 11) is 0. The Balaban J connectivity index is 2.28. The molecule has 21 heavy (non-hydrogen) atoms. The van der Waals surface area contributed by atoms with Crippen LogP contribution in [0.25, 0.3) is 0 Å². The first-order chi connectivity index (χ1) is 10.1. The van der Waals surface area contributed by atoms with Crippen molar-refractivity contribution in [2.45, 2.75) is 25.8 Å². The lowest BCUT2D eigenvalue weighted by molar-refractivity contribution is 0.524. The second-order valence-corrected chi connectivity index (χ2v) is 6.98. The number of hydrogen-bond donors (Lipinski definition) is 1. The maximum absolute atomic E-state index is 13.5. The summed E-state index contributed by atoms with van der Waals surface area (Å²) in [6.45, 7) is 3.10. The van der Waals surface area contributed by atoms with Crippen LogP contribution < -0.4 is 5.32 Å². The average molecular weight is 462 g/mol. The maximum Gasteiger partial charge on any atom is 0.123 e. The second-order valence-electron chi connectivity index (χ2n) is 4.97. The lowest BCUT2D eigenvalue weighted by atomic mass is 9.98. The molecule has 1 unspecified atom stereocenters. The molecule has 4 heteroatoms. The molecule has 2 aromatic carbocycles. The highest BCUT2D eigenvalue weighted by Gasteiger charge is 2.16. The van der Waals surface area contributed by atoms with Crippen LogP contribution in [0.5, 0.6) is 0 Å². The van der Waals surface area contributed by atoms with Gasteiger partial charge >= 0.3 is 0 Å². The summed E-state index contributed by atoms with van der Waals surface area (Å²) in [4.78, 5) is 0. The van der Waals surface area contributed by atoms with E-state index in [-0.39, 0.29) is 11.9 Å². The summed E-state index contributed by atoms with van der Waals surface area (Å²) in [5.74, 6) is -0.190. The van der Waals surface area contributed by atoms with E-state index < -0.39 is 0 Å². The van der Waals surface area contributed by atoms with Gasteiger partial charge in [0.1, 0.15) is 5.82 Å². The van der Waals surface area contributed by atoms with E-state index in [0.717, 1.165) is 29.4 Å². The van der Waals surface area contributed by atoms with E-state index in [9.17, 15) is 4.39 Å². The van der Waals surface area contributed by atoms with Crippen molar-refractivity contribution < 1.29 is 4.39 Å². The molecule has 0 spiro atoms. The standard InChI is InChI=1S/C17H18BrFIN/c1-2-9-21-17(14-5-3-4-6-16(14)20)11-12-10-13(19)7-8-15(12)18/h3-8,10,17,21H,2,9,11H2,1H3. The molecular weight excluding hydrogens is 444 g/mol. The summed E-state index contributed by atoms with van der Waals surface area (Å²) in [6.07, 6.45) is 1.84. The van der Waals surface area contributed by atoms with Gasteiger partial charge in [-0.2, -0.15) is 0 Å². The van der Waals surface area contributed by atoms with E-state index >= 15 is 0 Å². The minimum absolute atomic E-state index is 0.190. The first-order valence-corrected chi connectivity index (χ1v) is 8.90. The van der Waals surface area contributed by atoms with Gasteiger partial charge in [0.05, 0.1) is 0 Å². The summed E-state index contributed by atoms with van der Waals surface area (Å²) in [5.41, 5.74) is 2.26. The largest absolute Gasteiger partial charge is 0.310 e. The fraction of sp³-hybridized carbons (Fsp3) is 0.294. The molecule has 0 heterocycles. The predicted molar refractivity (Wildman–Crippen MR) is 98.0 cm³/mol. The van der Waals surface area contributed by atoms with Crippen LogP contribution in [-0.4, -0.2) is 6.54 Å². The molecule has 1 N–H and O–H groups in total. The highest BCUT2D eigenvalue weighted by atomic mass is 127. The lowest BCUT2D eigenvalue weighted by Crippen LogP contribution is -2.25. The van der Waals surface area contributed by atoms with Gasteiger partial charge in [0.2, 0.25) is 0 Å². The smallest absolute Gasteiger partial charge is 0.123 e. The van der Waals surface area contributed by atoms with Crippen molar-refractivity contribution in [2.75, 3.05) is 6.54 Å². The Morgan fingerprint density at radius 2 is 2.00 bits per heavy atom. The van der Waals surface area contributed by atoms with Gasteiger partial charge in [-0.15, -0.1) is 0 Å². The van der Waals surface area contributed by atoms with E-state index in [1.807, 2.05) is 6.07 Å². The first-order valence-electron chi connectivity index (χ1n) is 7.03. The minimum Gasteiger partial charge on any atom is -0.310 e. The molecule has 0 bridgehead atoms. The summed E-state index contributed by atoms with van der Waals surface area (Å²) >= 11 is 5.88. The van der Waals surface area contributed by atoms with Crippen molar-refractivity contribution in [3.8, 4) is 0 Å². The zero-order valence-corrected chi connectivity index (χ0v) is 15.6. The fourth-order valence-corrected chi connectivity index (χ4v) is 3.46. The van der Waals surface area contributed by atoms with Gasteiger partial charge in [-0.05, 0) is 77.4 Å². The Hall–Kier alpha value is -0.460. The molecule has 1 atom stereocenters. The van der Waals surface area contributed by atoms with Crippen LogP contribution in [0.2, 0.25) is 0 Å². The third-order valence-corrected chi connectivity index (χ3v) is 5.11. The third-order valence-electron chi connectivity index (χ3n) is 3.35. The van der Waals surface area contributed by atoms with Crippen LogP contribution >= 0.6 is 38.5 Å². The zero-order chi connectivity index (χ0) is 15.2. The molecular formula is C17H18BrFIN. The van der Waals surface area contributed by atoms with Crippen molar-refractivity contribution in [1.82, 2.24) is 5.32 Å². The van der Waals surface area contributed by atoms with Crippen LogP contribution in [-0.2, 0) is 6.42 Å². The Labute approximate surface area is 147 Å². The van der Waals surface area contributed by atoms with E-state index in [1.54, 1.807) is 12.1 Å². The molecule has 0 fully saturated rings. The molecule has 0 aliphatic rings. The second kappa shape index (κ2) is 8.25. The Bertz CT molecular complexity index is 603. The number of rotatable bonds is 6. The molecule has 0 saturated heterocycles. The molecule has 0 saturated carbocycles. The normalized spacial score (nSPS) is 12.4. The van der Waals surface area contributed by atoms with E-state index in [4.69, 9.17) is 0 Å². The van der Waals surface area contributed by atoms with Crippen LogP contribution in [0.15, 0.2) is 46.9 Å². The number of benzene rings is 2. The summed E-state index contributed by atoms with van der Waals surface area (Å²) < 4.78 is 15.7. The molecule has 0 amide bonds. The molecule has 0 aliphatic heterocycles. The number of nitrogens with one attached hydrogen (secondary N) is 1. The van der Waals surface area contributed by atoms with Gasteiger partial charge in [-0.1, -0.05) is 41.1 Å². The lowest BCUT2D eigenvalue weighted by Gasteiger charge is -2.21. The Morgan fingerprint density at radius 3 is 2.71 bits per heavy atom. The highest BCUT2D eigenvalue weighted by molar-refractivity contribution is 14.1. The van der Waals surface area contributed by atoms with Gasteiger partial charge in [0.15, 0.2) is 0 Å². The van der Waals surface area contributed by atoms with Crippen molar-refractivity contribution in [3.05, 3.63) is 67.5 Å². The van der Waals surface area contributed by atoms with Crippen LogP contribution in [0.3, 0.4) is 0 Å². The van der Waals surface area contributed by atoms with Gasteiger partial charge in [-0.3, -0.25) is 0 Å². The van der Waals surface area contributed by atoms with Crippen molar-refractivity contribution in [1.29, 1.82) is 0 Å². The van der Waals surface area contributed by atoms with Gasteiger partial charge in [0.25, 0.3) is 0 Å². The highest BCUT2D eigenvalue weighted by Crippen LogP contribution is 2.27. The number of hydrogen-bond acceptors (Lipinski definition) is 1. The van der Waals surface area contributed by atoms with E-state index in [1.165, 1.54) is 15.2 Å². The molecule has 112 valence electrons. The Kier molecular flexibility index (Phi) is 6.64. The topological polar surface area (TPSA) is 12.0 Å². The first kappa shape index (κ1) is 16.9. The molecule has 1 nitrogen and oxygen atoms in total. The maximum atomic E-state index is 13.5. The predicted octanol–water partition coefficient (Wildman–Crippen LogP) is 5.48. The molecule has 0 radical (unpaired) electrons. The summed E-state index contributed by atoms with van der Waals surface area (Å²) in [5, 5.41) is 3.57. The van der Waals surface area contributed by atoms with Crippen molar-refractivity contribution in [3.63, 3.8) is 0 Å². The zero-order valence-electron chi connectivity index (χ0n) is 11.9. The Morgan fingerprint density at radius 1 is 1.24 bits per heavy atom. The average Bonchev–Trinajstić information content (AvgIpc) is 2.48. The molecule has 0 aromatic heterocycles. The molecule has 2 aromatic rings. The quantitative estimate of drug-likeness (QED) is 0.562. The van der Waals surface area contributed by atoms with Crippen LogP contribution in [0.4, 0.5) is 4.39 Å². The fourth-order valence-electron chi connectivity index (χ4n) is 2.29. The monoisotopic (exact) mass is 461 g/mol. The number of halogens is 3. The SMILES string of the molecule is CCCNC(Cc1cc(F)ccc1Br)c1ccccc1I. The van der Waals surface area contributed by atoms with Crippen molar-refractivity contribution in [2.24, 2.45) is 0 Å². The minimum atomic E-state index is -0.190. The van der Waals surface area contributed by atoms with Crippen LogP contribution in [0.1, 0.15) is 30.5 Å². The van der Waals surface area contributed by atoms with Gasteiger partial charge < -0.3 is 5.32 Å². The van der Waals surface area contributed by atoms with Crippen molar-refractivity contribution >= 4 is 38.5 Å². The van der Waals surface area contributed by atoms with Gasteiger partial charge in [-0.25, -0.2) is 4.39 Å². The van der Waals surface area contributed by atoms with E-state index in [2.05, 4.69) is 69.0 Å². The van der Waals surface area contributed by atoms with Gasteiger partial charge in [0, 0.05) is 14.1 Å². The van der Waals surface area contributed by atoms with Crippen LogP contribution in [0, 0.1) is 9.39 Å². The van der Waals surface area contributed by atoms with E-state index in [0.29, 0.717) is 0 Å².